The number of hydrogen-bond donors (Lipinski definition) is 3. The molecule has 0 aliphatic heterocycles. The molecular weight excluding hydrogens is 292 g/mol. The molecule has 1 unspecified atom stereocenters. The molecule has 7 heteroatoms. The zero-order valence-corrected chi connectivity index (χ0v) is 12.2. The number of hydrogen-bond acceptors (Lipinski definition) is 3. The molecule has 21 heavy (non-hydrogen) atoms. The number of rotatable bonds is 6. The van der Waals surface area contributed by atoms with Crippen LogP contribution in [0.15, 0.2) is 47.5 Å². The number of carbonyl (C=O) groups is 1. The van der Waals surface area contributed by atoms with Gasteiger partial charge in [0.05, 0.1) is 0 Å². The molecular formula is C14H16N2O4S. The van der Waals surface area contributed by atoms with Crippen molar-refractivity contribution in [1.29, 1.82) is 0 Å². The predicted molar refractivity (Wildman–Crippen MR) is 77.5 cm³/mol. The predicted octanol–water partition coefficient (Wildman–Crippen LogP) is 2.14. The molecule has 0 aliphatic carbocycles. The van der Waals surface area contributed by atoms with Crippen LogP contribution in [0.1, 0.15) is 35.4 Å². The Kier molecular flexibility index (Phi) is 4.44. The Morgan fingerprint density at radius 3 is 2.52 bits per heavy atom. The Labute approximate surface area is 122 Å². The largest absolute Gasteiger partial charge is 0.477 e. The Hall–Kier alpha value is -2.12. The van der Waals surface area contributed by atoms with Gasteiger partial charge in [0.25, 0.3) is 0 Å². The first-order valence-corrected chi connectivity index (χ1v) is 7.91. The summed E-state index contributed by atoms with van der Waals surface area (Å²) in [5.41, 5.74) is 0.695. The van der Waals surface area contributed by atoms with Crippen LogP contribution < -0.4 is 4.72 Å². The molecule has 0 amide bonds. The molecule has 0 radical (unpaired) electrons. The van der Waals surface area contributed by atoms with Gasteiger partial charge in [-0.05, 0) is 18.1 Å². The molecule has 0 aliphatic rings. The summed E-state index contributed by atoms with van der Waals surface area (Å²) in [5, 5.41) is 8.82. The van der Waals surface area contributed by atoms with Crippen LogP contribution in [0.25, 0.3) is 0 Å². The molecule has 1 aromatic carbocycles. The van der Waals surface area contributed by atoms with Crippen molar-refractivity contribution >= 4 is 16.0 Å². The van der Waals surface area contributed by atoms with Crippen LogP contribution in [0, 0.1) is 0 Å². The van der Waals surface area contributed by atoms with Gasteiger partial charge in [-0.1, -0.05) is 37.3 Å². The zero-order chi connectivity index (χ0) is 15.5. The Bertz CT molecular complexity index is 722. The molecule has 0 spiro atoms. The number of carboxylic acids is 1. The lowest BCUT2D eigenvalue weighted by molar-refractivity contribution is 0.0691. The summed E-state index contributed by atoms with van der Waals surface area (Å²) in [4.78, 5) is 13.1. The maximum atomic E-state index is 12.3. The third kappa shape index (κ3) is 3.50. The highest BCUT2D eigenvalue weighted by Crippen LogP contribution is 2.20. The highest BCUT2D eigenvalue weighted by Gasteiger charge is 2.22. The fourth-order valence-electron chi connectivity index (χ4n) is 1.98. The lowest BCUT2D eigenvalue weighted by atomic mass is 10.1. The average Bonchev–Trinajstić information content (AvgIpc) is 2.96. The maximum absolute atomic E-state index is 12.3. The van der Waals surface area contributed by atoms with E-state index >= 15 is 0 Å². The lowest BCUT2D eigenvalue weighted by Crippen LogP contribution is -2.28. The van der Waals surface area contributed by atoms with E-state index in [2.05, 4.69) is 9.71 Å². The highest BCUT2D eigenvalue weighted by atomic mass is 32.2. The summed E-state index contributed by atoms with van der Waals surface area (Å²) in [6.07, 6.45) is 1.75. The molecule has 2 aromatic rings. The van der Waals surface area contributed by atoms with Crippen LogP contribution in [-0.2, 0) is 10.0 Å². The number of nitrogens with one attached hydrogen (secondary N) is 2. The lowest BCUT2D eigenvalue weighted by Gasteiger charge is -2.16. The monoisotopic (exact) mass is 308 g/mol. The molecule has 112 valence electrons. The van der Waals surface area contributed by atoms with Crippen LogP contribution in [-0.4, -0.2) is 24.5 Å². The van der Waals surface area contributed by atoms with Crippen molar-refractivity contribution in [2.45, 2.75) is 24.3 Å². The Morgan fingerprint density at radius 1 is 1.33 bits per heavy atom. The van der Waals surface area contributed by atoms with Crippen LogP contribution in [0.4, 0.5) is 0 Å². The van der Waals surface area contributed by atoms with E-state index in [1.807, 2.05) is 37.3 Å². The number of benzene rings is 1. The zero-order valence-electron chi connectivity index (χ0n) is 11.4. The molecule has 0 saturated heterocycles. The molecule has 2 rings (SSSR count). The topological polar surface area (TPSA) is 99.3 Å². The Balaban J connectivity index is 2.25. The van der Waals surface area contributed by atoms with Gasteiger partial charge < -0.3 is 10.1 Å². The number of H-pyrrole nitrogens is 1. The van der Waals surface area contributed by atoms with Crippen molar-refractivity contribution in [2.24, 2.45) is 0 Å². The third-order valence-corrected chi connectivity index (χ3v) is 4.56. The number of aromatic amines is 1. The summed E-state index contributed by atoms with van der Waals surface area (Å²) >= 11 is 0. The van der Waals surface area contributed by atoms with Crippen molar-refractivity contribution in [2.75, 3.05) is 0 Å². The number of carboxylic acid groups (broad SMARTS) is 1. The van der Waals surface area contributed by atoms with Gasteiger partial charge in [0.15, 0.2) is 0 Å². The van der Waals surface area contributed by atoms with E-state index in [0.717, 1.165) is 11.6 Å². The second kappa shape index (κ2) is 6.11. The average molecular weight is 308 g/mol. The summed E-state index contributed by atoms with van der Waals surface area (Å²) < 4.78 is 27.2. The van der Waals surface area contributed by atoms with Gasteiger partial charge in [0.2, 0.25) is 10.0 Å². The second-order valence-electron chi connectivity index (χ2n) is 4.55. The van der Waals surface area contributed by atoms with Crippen molar-refractivity contribution < 1.29 is 18.3 Å². The van der Waals surface area contributed by atoms with Crippen molar-refractivity contribution in [3.8, 4) is 0 Å². The van der Waals surface area contributed by atoms with E-state index in [9.17, 15) is 13.2 Å². The molecule has 1 heterocycles. The van der Waals surface area contributed by atoms with Crippen molar-refractivity contribution in [3.63, 3.8) is 0 Å². The van der Waals surface area contributed by atoms with Gasteiger partial charge >= 0.3 is 5.97 Å². The first-order chi connectivity index (χ1) is 9.94. The van der Waals surface area contributed by atoms with Gasteiger partial charge in [0, 0.05) is 12.2 Å². The molecule has 6 nitrogen and oxygen atoms in total. The standard InChI is InChI=1S/C14H16N2O4S/c1-2-12(10-6-4-3-5-7-10)16-21(19,20)11-8-13(14(17)18)15-9-11/h3-9,12,15-16H,2H2,1H3,(H,17,18). The Morgan fingerprint density at radius 2 is 2.00 bits per heavy atom. The summed E-state index contributed by atoms with van der Waals surface area (Å²) in [5.74, 6) is -1.20. The van der Waals surface area contributed by atoms with E-state index in [4.69, 9.17) is 5.11 Å². The van der Waals surface area contributed by atoms with Gasteiger partial charge in [0.1, 0.15) is 10.6 Å². The number of aromatic carboxylic acids is 1. The molecule has 1 aromatic heterocycles. The van der Waals surface area contributed by atoms with Crippen molar-refractivity contribution in [3.05, 3.63) is 53.9 Å². The normalized spacial score (nSPS) is 13.0. The molecule has 1 atom stereocenters. The summed E-state index contributed by atoms with van der Waals surface area (Å²) in [6, 6.07) is 9.96. The van der Waals surface area contributed by atoms with Crippen LogP contribution >= 0.6 is 0 Å². The van der Waals surface area contributed by atoms with Crippen LogP contribution in [0.3, 0.4) is 0 Å². The van der Waals surface area contributed by atoms with Crippen LogP contribution in [0.2, 0.25) is 0 Å². The van der Waals surface area contributed by atoms with Crippen molar-refractivity contribution in [1.82, 2.24) is 9.71 Å². The third-order valence-electron chi connectivity index (χ3n) is 3.10. The highest BCUT2D eigenvalue weighted by molar-refractivity contribution is 7.89. The fraction of sp³-hybridized carbons (Fsp3) is 0.214. The quantitative estimate of drug-likeness (QED) is 0.761. The summed E-state index contributed by atoms with van der Waals surface area (Å²) in [6.45, 7) is 1.87. The minimum absolute atomic E-state index is 0.0886. The van der Waals surface area contributed by atoms with Gasteiger partial charge in [-0.15, -0.1) is 0 Å². The molecule has 0 fully saturated rings. The van der Waals surface area contributed by atoms with E-state index in [1.54, 1.807) is 0 Å². The minimum Gasteiger partial charge on any atom is -0.477 e. The van der Waals surface area contributed by atoms with Gasteiger partial charge in [-0.25, -0.2) is 17.9 Å². The first kappa shape index (κ1) is 15.3. The molecule has 0 saturated carbocycles. The van der Waals surface area contributed by atoms with Crippen LogP contribution in [0.5, 0.6) is 0 Å². The van der Waals surface area contributed by atoms with E-state index in [1.165, 1.54) is 6.20 Å². The molecule has 0 bridgehead atoms. The smallest absolute Gasteiger partial charge is 0.352 e. The maximum Gasteiger partial charge on any atom is 0.352 e. The van der Waals surface area contributed by atoms with Gasteiger partial charge in [-0.3, -0.25) is 0 Å². The second-order valence-corrected chi connectivity index (χ2v) is 6.26. The fourth-order valence-corrected chi connectivity index (χ4v) is 3.28. The SMILES string of the molecule is CCC(NS(=O)(=O)c1c[nH]c(C(=O)O)c1)c1ccccc1. The van der Waals surface area contributed by atoms with E-state index < -0.39 is 16.0 Å². The number of sulfonamides is 1. The first-order valence-electron chi connectivity index (χ1n) is 6.43. The number of aromatic nitrogens is 1. The minimum atomic E-state index is -3.78. The van der Waals surface area contributed by atoms with E-state index in [0.29, 0.717) is 6.42 Å². The van der Waals surface area contributed by atoms with Gasteiger partial charge in [-0.2, -0.15) is 0 Å². The van der Waals surface area contributed by atoms with E-state index in [-0.39, 0.29) is 16.6 Å². The molecule has 3 N–H and O–H groups in total. The summed E-state index contributed by atoms with van der Waals surface area (Å²) in [7, 11) is -3.78.